The summed E-state index contributed by atoms with van der Waals surface area (Å²) in [6.07, 6.45) is 2.12. The second kappa shape index (κ2) is 6.52. The maximum absolute atomic E-state index is 11.2. The van der Waals surface area contributed by atoms with Crippen molar-refractivity contribution < 1.29 is 13.2 Å². The molecule has 1 atom stereocenters. The lowest BCUT2D eigenvalue weighted by Gasteiger charge is -2.09. The molecule has 0 radical (unpaired) electrons. The highest BCUT2D eigenvalue weighted by Crippen LogP contribution is 2.24. The molecule has 0 saturated carbocycles. The summed E-state index contributed by atoms with van der Waals surface area (Å²) in [5, 5.41) is 0. The van der Waals surface area contributed by atoms with Gasteiger partial charge in [0.15, 0.2) is 0 Å². The molecular formula is C12H17BrO3S. The van der Waals surface area contributed by atoms with Gasteiger partial charge in [0.25, 0.3) is 0 Å². The van der Waals surface area contributed by atoms with E-state index in [4.69, 9.17) is 4.74 Å². The van der Waals surface area contributed by atoms with Gasteiger partial charge >= 0.3 is 0 Å². The number of sulfone groups is 1. The summed E-state index contributed by atoms with van der Waals surface area (Å²) in [6, 6.07) is 7.92. The zero-order valence-electron chi connectivity index (χ0n) is 10.0. The summed E-state index contributed by atoms with van der Waals surface area (Å²) in [5.74, 6) is 0.115. The van der Waals surface area contributed by atoms with Gasteiger partial charge < -0.3 is 4.74 Å². The Kier molecular flexibility index (Phi) is 5.62. The average Bonchev–Trinajstić information content (AvgIpc) is 2.24. The molecule has 1 aromatic rings. The molecule has 0 spiro atoms. The lowest BCUT2D eigenvalue weighted by atomic mass is 10.1. The molecule has 0 heterocycles. The highest BCUT2D eigenvalue weighted by Gasteiger charge is 2.13. The number of ether oxygens (including phenoxy) is 1. The number of hydrogen-bond donors (Lipinski definition) is 0. The third-order valence-electron chi connectivity index (χ3n) is 2.39. The fourth-order valence-corrected chi connectivity index (χ4v) is 3.94. The van der Waals surface area contributed by atoms with E-state index in [1.54, 1.807) is 7.11 Å². The van der Waals surface area contributed by atoms with Gasteiger partial charge in [-0.25, -0.2) is 8.42 Å². The number of rotatable bonds is 6. The fraction of sp³-hybridized carbons (Fsp3) is 0.500. The van der Waals surface area contributed by atoms with Crippen LogP contribution in [0.5, 0.6) is 0 Å². The van der Waals surface area contributed by atoms with Crippen molar-refractivity contribution in [1.82, 2.24) is 0 Å². The van der Waals surface area contributed by atoms with Crippen molar-refractivity contribution in [3.05, 3.63) is 35.4 Å². The number of alkyl halides is 1. The molecule has 0 amide bonds. The largest absolute Gasteiger partial charge is 0.384 e. The molecule has 5 heteroatoms. The summed E-state index contributed by atoms with van der Waals surface area (Å²) >= 11 is 3.40. The van der Waals surface area contributed by atoms with Crippen molar-refractivity contribution in [3.63, 3.8) is 0 Å². The van der Waals surface area contributed by atoms with Gasteiger partial charge in [-0.05, 0) is 17.5 Å². The molecule has 0 aliphatic heterocycles. The molecule has 0 fully saturated rings. The van der Waals surface area contributed by atoms with Crippen LogP contribution in [0.4, 0.5) is 0 Å². The molecule has 1 rings (SSSR count). The van der Waals surface area contributed by atoms with Gasteiger partial charge in [0.05, 0.1) is 17.2 Å². The van der Waals surface area contributed by atoms with Crippen LogP contribution in [0.2, 0.25) is 0 Å². The van der Waals surface area contributed by atoms with E-state index in [0.29, 0.717) is 6.61 Å². The Labute approximate surface area is 111 Å². The monoisotopic (exact) mass is 320 g/mol. The third-order valence-corrected chi connectivity index (χ3v) is 4.61. The summed E-state index contributed by atoms with van der Waals surface area (Å²) in [6.45, 7) is 0.695. The minimum absolute atomic E-state index is 0.115. The van der Waals surface area contributed by atoms with Crippen molar-refractivity contribution in [2.75, 3.05) is 25.7 Å². The van der Waals surface area contributed by atoms with Gasteiger partial charge in [0, 0.05) is 13.4 Å². The van der Waals surface area contributed by atoms with Gasteiger partial charge in [0.1, 0.15) is 9.84 Å². The van der Waals surface area contributed by atoms with Crippen LogP contribution >= 0.6 is 15.9 Å². The van der Waals surface area contributed by atoms with Crippen LogP contribution in [0, 0.1) is 0 Å². The van der Waals surface area contributed by atoms with Crippen molar-refractivity contribution in [2.24, 2.45) is 0 Å². The van der Waals surface area contributed by atoms with Gasteiger partial charge in [-0.1, -0.05) is 40.2 Å². The summed E-state index contributed by atoms with van der Waals surface area (Å²) < 4.78 is 27.4. The second-order valence-corrected chi connectivity index (χ2v) is 7.33. The maximum atomic E-state index is 11.2. The van der Waals surface area contributed by atoms with E-state index in [1.807, 2.05) is 24.3 Å². The quantitative estimate of drug-likeness (QED) is 0.756. The first kappa shape index (κ1) is 14.7. The summed E-state index contributed by atoms with van der Waals surface area (Å²) in [7, 11) is -1.29. The van der Waals surface area contributed by atoms with Gasteiger partial charge in [0.2, 0.25) is 0 Å². The highest BCUT2D eigenvalue weighted by molar-refractivity contribution is 9.09. The van der Waals surface area contributed by atoms with Crippen LogP contribution in [0.25, 0.3) is 0 Å². The zero-order chi connectivity index (χ0) is 12.9. The predicted molar refractivity (Wildman–Crippen MR) is 73.4 cm³/mol. The van der Waals surface area contributed by atoms with Crippen LogP contribution in [0.15, 0.2) is 24.3 Å². The molecule has 0 aromatic heterocycles. The number of methoxy groups -OCH3 is 1. The van der Waals surface area contributed by atoms with Gasteiger partial charge in [-0.2, -0.15) is 0 Å². The van der Waals surface area contributed by atoms with Crippen LogP contribution in [-0.4, -0.2) is 34.1 Å². The molecule has 1 unspecified atom stereocenters. The molecule has 0 aliphatic rings. The predicted octanol–water partition coefficient (Wildman–Crippen LogP) is 2.36. The Morgan fingerprint density at radius 1 is 1.29 bits per heavy atom. The Bertz CT molecular complexity index is 439. The Hall–Kier alpha value is -0.390. The molecular weight excluding hydrogens is 304 g/mol. The molecule has 0 aliphatic carbocycles. The van der Waals surface area contributed by atoms with Gasteiger partial charge in [-0.15, -0.1) is 0 Å². The molecule has 96 valence electrons. The van der Waals surface area contributed by atoms with E-state index in [-0.39, 0.29) is 10.6 Å². The smallest absolute Gasteiger partial charge is 0.148 e. The Balaban J connectivity index is 2.67. The van der Waals surface area contributed by atoms with Crippen LogP contribution in [0.1, 0.15) is 16.0 Å². The normalized spacial score (nSPS) is 13.6. The lowest BCUT2D eigenvalue weighted by molar-refractivity contribution is 0.202. The molecule has 17 heavy (non-hydrogen) atoms. The number of benzene rings is 1. The summed E-state index contributed by atoms with van der Waals surface area (Å²) in [5.41, 5.74) is 2.17. The third kappa shape index (κ3) is 5.66. The molecule has 0 saturated heterocycles. The van der Waals surface area contributed by atoms with Crippen LogP contribution in [-0.2, 0) is 21.0 Å². The van der Waals surface area contributed by atoms with Crippen molar-refractivity contribution in [2.45, 2.75) is 11.2 Å². The average molecular weight is 321 g/mol. The van der Waals surface area contributed by atoms with E-state index in [2.05, 4.69) is 15.9 Å². The van der Waals surface area contributed by atoms with E-state index >= 15 is 0 Å². The lowest BCUT2D eigenvalue weighted by Crippen LogP contribution is -2.08. The molecule has 0 N–H and O–H groups in total. The van der Waals surface area contributed by atoms with E-state index < -0.39 is 9.84 Å². The topological polar surface area (TPSA) is 43.4 Å². The zero-order valence-corrected chi connectivity index (χ0v) is 12.4. The first-order valence-corrected chi connectivity index (χ1v) is 8.29. The Morgan fingerprint density at radius 2 is 1.88 bits per heavy atom. The standard InChI is InChI=1S/C12H17BrO3S/c1-16-8-7-10-3-5-11(6-4-10)12(13)9-17(2,14)15/h3-6,12H,7-9H2,1-2H3. The fourth-order valence-electron chi connectivity index (χ4n) is 1.48. The molecule has 3 nitrogen and oxygen atoms in total. The number of halogens is 1. The van der Waals surface area contributed by atoms with Gasteiger partial charge in [-0.3, -0.25) is 0 Å². The van der Waals surface area contributed by atoms with E-state index in [1.165, 1.54) is 11.8 Å². The number of hydrogen-bond acceptors (Lipinski definition) is 3. The van der Waals surface area contributed by atoms with Crippen molar-refractivity contribution >= 4 is 25.8 Å². The Morgan fingerprint density at radius 3 is 2.35 bits per heavy atom. The first-order valence-electron chi connectivity index (χ1n) is 5.32. The SMILES string of the molecule is COCCc1ccc(C(Br)CS(C)(=O)=O)cc1. The maximum Gasteiger partial charge on any atom is 0.148 e. The first-order chi connectivity index (χ1) is 7.92. The van der Waals surface area contributed by atoms with Crippen molar-refractivity contribution in [1.29, 1.82) is 0 Å². The second-order valence-electron chi connectivity index (χ2n) is 4.04. The van der Waals surface area contributed by atoms with E-state index in [0.717, 1.165) is 12.0 Å². The van der Waals surface area contributed by atoms with Crippen LogP contribution in [0.3, 0.4) is 0 Å². The minimum atomic E-state index is -2.96. The van der Waals surface area contributed by atoms with Crippen LogP contribution < -0.4 is 0 Å². The molecule has 0 bridgehead atoms. The molecule has 1 aromatic carbocycles. The minimum Gasteiger partial charge on any atom is -0.384 e. The van der Waals surface area contributed by atoms with Crippen molar-refractivity contribution in [3.8, 4) is 0 Å². The van der Waals surface area contributed by atoms with E-state index in [9.17, 15) is 8.42 Å². The highest BCUT2D eigenvalue weighted by atomic mass is 79.9. The summed E-state index contributed by atoms with van der Waals surface area (Å²) in [4.78, 5) is -0.144.